The molecule has 2 aliphatic carbocycles. The lowest BCUT2D eigenvalue weighted by Crippen LogP contribution is -2.29. The predicted octanol–water partition coefficient (Wildman–Crippen LogP) is 4.85. The van der Waals surface area contributed by atoms with E-state index < -0.39 is 0 Å². The lowest BCUT2D eigenvalue weighted by molar-refractivity contribution is 0.400. The van der Waals surface area contributed by atoms with Crippen LogP contribution in [0.15, 0.2) is 30.6 Å². The van der Waals surface area contributed by atoms with Gasteiger partial charge in [-0.3, -0.25) is 4.68 Å². The van der Waals surface area contributed by atoms with Crippen LogP contribution in [0.3, 0.4) is 0 Å². The average molecular weight is 352 g/mol. The average Bonchev–Trinajstić information content (AvgIpc) is 2.96. The highest BCUT2D eigenvalue weighted by Gasteiger charge is 2.57. The van der Waals surface area contributed by atoms with Gasteiger partial charge in [-0.25, -0.2) is 0 Å². The van der Waals surface area contributed by atoms with Gasteiger partial charge in [-0.1, -0.05) is 44.9 Å². The fourth-order valence-electron chi connectivity index (χ4n) is 5.12. The molecule has 140 valence electrons. The highest BCUT2D eigenvalue weighted by Crippen LogP contribution is 2.57. The SMILES string of the molecule is CCCC(CCC)CNC1CC12CCc1ccc(-c3cnn(C)c3)cc12. The van der Waals surface area contributed by atoms with Crippen LogP contribution in [0.2, 0.25) is 0 Å². The van der Waals surface area contributed by atoms with Crippen molar-refractivity contribution in [1.29, 1.82) is 0 Å². The fraction of sp³-hybridized carbons (Fsp3) is 0.609. The number of hydrogen-bond donors (Lipinski definition) is 1. The van der Waals surface area contributed by atoms with Crippen LogP contribution in [0, 0.1) is 5.92 Å². The molecule has 1 spiro atoms. The normalized spacial score (nSPS) is 23.8. The molecule has 3 nitrogen and oxygen atoms in total. The van der Waals surface area contributed by atoms with Gasteiger partial charge < -0.3 is 5.32 Å². The molecule has 2 unspecified atom stereocenters. The van der Waals surface area contributed by atoms with Gasteiger partial charge in [0.25, 0.3) is 0 Å². The van der Waals surface area contributed by atoms with Crippen LogP contribution in [0.1, 0.15) is 63.5 Å². The molecule has 26 heavy (non-hydrogen) atoms. The van der Waals surface area contributed by atoms with Crippen LogP contribution in [-0.2, 0) is 18.9 Å². The number of fused-ring (bicyclic) bond motifs is 2. The molecule has 0 bridgehead atoms. The van der Waals surface area contributed by atoms with Gasteiger partial charge in [0.2, 0.25) is 0 Å². The van der Waals surface area contributed by atoms with Crippen molar-refractivity contribution in [3.05, 3.63) is 41.7 Å². The molecule has 1 aromatic carbocycles. The zero-order chi connectivity index (χ0) is 18.1. The molecular weight excluding hydrogens is 318 g/mol. The van der Waals surface area contributed by atoms with Gasteiger partial charge >= 0.3 is 0 Å². The standard InChI is InChI=1S/C23H33N3/c1-4-6-17(7-5-2)14-24-22-13-23(22)11-10-18-8-9-19(12-21(18)23)20-15-25-26(3)16-20/h8-9,12,15-17,22,24H,4-7,10-11,13-14H2,1-3H3. The second-order valence-electron chi connectivity index (χ2n) is 8.54. The molecule has 2 aliphatic rings. The van der Waals surface area contributed by atoms with Crippen molar-refractivity contribution >= 4 is 0 Å². The van der Waals surface area contributed by atoms with E-state index in [-0.39, 0.29) is 0 Å². The lowest BCUT2D eigenvalue weighted by atomic mass is 9.94. The third-order valence-electron chi connectivity index (χ3n) is 6.65. The first-order valence-corrected chi connectivity index (χ1v) is 10.5. The Morgan fingerprint density at radius 2 is 2.04 bits per heavy atom. The Kier molecular flexibility index (Phi) is 4.92. The molecular formula is C23H33N3. The largest absolute Gasteiger partial charge is 0.313 e. The van der Waals surface area contributed by atoms with E-state index in [0.29, 0.717) is 11.5 Å². The number of aromatic nitrogens is 2. The summed E-state index contributed by atoms with van der Waals surface area (Å²) in [6, 6.07) is 7.78. The molecule has 1 fully saturated rings. The third kappa shape index (κ3) is 3.22. The molecule has 2 atom stereocenters. The van der Waals surface area contributed by atoms with E-state index in [1.807, 2.05) is 17.9 Å². The second-order valence-corrected chi connectivity index (χ2v) is 8.54. The number of benzene rings is 1. The monoisotopic (exact) mass is 351 g/mol. The Morgan fingerprint density at radius 1 is 1.23 bits per heavy atom. The number of nitrogens with one attached hydrogen (secondary N) is 1. The summed E-state index contributed by atoms with van der Waals surface area (Å²) in [4.78, 5) is 0. The summed E-state index contributed by atoms with van der Waals surface area (Å²) >= 11 is 0. The zero-order valence-electron chi connectivity index (χ0n) is 16.6. The highest BCUT2D eigenvalue weighted by molar-refractivity contribution is 5.66. The maximum Gasteiger partial charge on any atom is 0.0568 e. The Bertz CT molecular complexity index is 757. The molecule has 0 aliphatic heterocycles. The van der Waals surface area contributed by atoms with Crippen LogP contribution >= 0.6 is 0 Å². The van der Waals surface area contributed by atoms with E-state index in [1.54, 1.807) is 11.1 Å². The molecule has 1 N–H and O–H groups in total. The van der Waals surface area contributed by atoms with E-state index in [1.165, 1.54) is 62.6 Å². The topological polar surface area (TPSA) is 29.9 Å². The van der Waals surface area contributed by atoms with Crippen LogP contribution in [0.5, 0.6) is 0 Å². The Hall–Kier alpha value is -1.61. The van der Waals surface area contributed by atoms with Crippen molar-refractivity contribution in [2.75, 3.05) is 6.54 Å². The van der Waals surface area contributed by atoms with E-state index in [2.05, 4.69) is 48.7 Å². The van der Waals surface area contributed by atoms with E-state index in [4.69, 9.17) is 0 Å². The summed E-state index contributed by atoms with van der Waals surface area (Å²) in [6.45, 7) is 5.83. The smallest absolute Gasteiger partial charge is 0.0568 e. The first-order chi connectivity index (χ1) is 12.7. The molecule has 0 amide bonds. The Morgan fingerprint density at radius 3 is 2.73 bits per heavy atom. The van der Waals surface area contributed by atoms with E-state index in [9.17, 15) is 0 Å². The van der Waals surface area contributed by atoms with Gasteiger partial charge in [-0.05, 0) is 61.3 Å². The van der Waals surface area contributed by atoms with Crippen LogP contribution in [0.25, 0.3) is 11.1 Å². The maximum absolute atomic E-state index is 4.34. The minimum absolute atomic E-state index is 0.413. The molecule has 0 radical (unpaired) electrons. The van der Waals surface area contributed by atoms with Crippen molar-refractivity contribution in [3.8, 4) is 11.1 Å². The number of aryl methyl sites for hydroxylation is 2. The zero-order valence-corrected chi connectivity index (χ0v) is 16.6. The fourth-order valence-corrected chi connectivity index (χ4v) is 5.12. The molecule has 1 aromatic heterocycles. The number of hydrogen-bond acceptors (Lipinski definition) is 2. The second kappa shape index (κ2) is 7.19. The maximum atomic E-state index is 4.34. The molecule has 0 saturated heterocycles. The summed E-state index contributed by atoms with van der Waals surface area (Å²) in [5.41, 5.74) is 6.14. The Labute approximate surface area is 158 Å². The Balaban J connectivity index is 1.48. The molecule has 2 aromatic rings. The quantitative estimate of drug-likeness (QED) is 0.737. The van der Waals surface area contributed by atoms with Gasteiger partial charge in [-0.2, -0.15) is 5.10 Å². The lowest BCUT2D eigenvalue weighted by Gasteiger charge is -2.18. The van der Waals surface area contributed by atoms with Crippen molar-refractivity contribution in [2.45, 2.75) is 70.3 Å². The number of rotatable bonds is 8. The first-order valence-electron chi connectivity index (χ1n) is 10.5. The third-order valence-corrected chi connectivity index (χ3v) is 6.65. The molecule has 1 heterocycles. The van der Waals surface area contributed by atoms with Crippen molar-refractivity contribution < 1.29 is 0 Å². The minimum atomic E-state index is 0.413. The van der Waals surface area contributed by atoms with E-state index in [0.717, 1.165) is 5.92 Å². The van der Waals surface area contributed by atoms with Gasteiger partial charge in [0, 0.05) is 30.3 Å². The van der Waals surface area contributed by atoms with Crippen LogP contribution in [-0.4, -0.2) is 22.4 Å². The van der Waals surface area contributed by atoms with Crippen LogP contribution in [0.4, 0.5) is 0 Å². The van der Waals surface area contributed by atoms with E-state index >= 15 is 0 Å². The molecule has 1 saturated carbocycles. The highest BCUT2D eigenvalue weighted by atomic mass is 15.2. The summed E-state index contributed by atoms with van der Waals surface area (Å²) in [6.07, 6.45) is 13.3. The van der Waals surface area contributed by atoms with Crippen molar-refractivity contribution in [1.82, 2.24) is 15.1 Å². The van der Waals surface area contributed by atoms with Crippen molar-refractivity contribution in [2.24, 2.45) is 13.0 Å². The summed E-state index contributed by atoms with van der Waals surface area (Å²) in [5, 5.41) is 8.29. The van der Waals surface area contributed by atoms with Crippen molar-refractivity contribution in [3.63, 3.8) is 0 Å². The van der Waals surface area contributed by atoms with Gasteiger partial charge in [-0.15, -0.1) is 0 Å². The summed E-state index contributed by atoms with van der Waals surface area (Å²) in [5.74, 6) is 0.852. The van der Waals surface area contributed by atoms with Crippen LogP contribution < -0.4 is 5.32 Å². The molecule has 3 heteroatoms. The van der Waals surface area contributed by atoms with Gasteiger partial charge in [0.15, 0.2) is 0 Å². The van der Waals surface area contributed by atoms with Gasteiger partial charge in [0.1, 0.15) is 0 Å². The first kappa shape index (κ1) is 17.8. The predicted molar refractivity (Wildman–Crippen MR) is 108 cm³/mol. The summed E-state index contributed by atoms with van der Waals surface area (Å²) in [7, 11) is 1.99. The minimum Gasteiger partial charge on any atom is -0.313 e. The number of nitrogens with zero attached hydrogens (tertiary/aromatic N) is 2. The van der Waals surface area contributed by atoms with Gasteiger partial charge in [0.05, 0.1) is 6.20 Å². The molecule has 4 rings (SSSR count). The summed E-state index contributed by atoms with van der Waals surface area (Å²) < 4.78 is 1.89.